The Kier molecular flexibility index (Phi) is 5.36. The van der Waals surface area contributed by atoms with Gasteiger partial charge in [-0.15, -0.1) is 0 Å². The maximum absolute atomic E-state index is 14.5. The number of phenolic OH excluding ortho intramolecular Hbond substituents is 1. The van der Waals surface area contributed by atoms with E-state index >= 15 is 0 Å². The monoisotopic (exact) mass is 402 g/mol. The topological polar surface area (TPSA) is 73.6 Å². The summed E-state index contributed by atoms with van der Waals surface area (Å²) in [5.41, 5.74) is 2.61. The SMILES string of the molecule is N#Cc1ccc(O)c(C2c3cccc(F)c3CCN2C(=O)OCc2ccccc2)c1. The van der Waals surface area contributed by atoms with Crippen molar-refractivity contribution in [2.45, 2.75) is 19.1 Å². The average molecular weight is 402 g/mol. The first-order chi connectivity index (χ1) is 14.6. The molecule has 3 aromatic rings. The van der Waals surface area contributed by atoms with E-state index in [4.69, 9.17) is 4.74 Å². The highest BCUT2D eigenvalue weighted by atomic mass is 19.1. The van der Waals surface area contributed by atoms with E-state index in [1.165, 1.54) is 29.2 Å². The van der Waals surface area contributed by atoms with Crippen LogP contribution in [-0.2, 0) is 17.8 Å². The van der Waals surface area contributed by atoms with Gasteiger partial charge in [-0.3, -0.25) is 4.90 Å². The van der Waals surface area contributed by atoms with Gasteiger partial charge >= 0.3 is 6.09 Å². The van der Waals surface area contributed by atoms with Crippen molar-refractivity contribution in [1.29, 1.82) is 5.26 Å². The third-order valence-electron chi connectivity index (χ3n) is 5.25. The molecule has 0 aliphatic carbocycles. The quantitative estimate of drug-likeness (QED) is 0.690. The molecule has 6 heteroatoms. The van der Waals surface area contributed by atoms with Gasteiger partial charge in [-0.05, 0) is 47.4 Å². The molecule has 1 aliphatic rings. The molecule has 1 heterocycles. The number of amides is 1. The zero-order valence-corrected chi connectivity index (χ0v) is 16.1. The smallest absolute Gasteiger partial charge is 0.410 e. The molecule has 0 bridgehead atoms. The van der Waals surface area contributed by atoms with Crippen molar-refractivity contribution in [3.05, 3.63) is 100 Å². The molecule has 150 valence electrons. The van der Waals surface area contributed by atoms with Crippen LogP contribution in [0.2, 0.25) is 0 Å². The van der Waals surface area contributed by atoms with Crippen LogP contribution in [0, 0.1) is 17.1 Å². The number of hydrogen-bond acceptors (Lipinski definition) is 4. The maximum atomic E-state index is 14.5. The molecule has 0 fully saturated rings. The first-order valence-corrected chi connectivity index (χ1v) is 9.56. The van der Waals surface area contributed by atoms with Gasteiger partial charge < -0.3 is 9.84 Å². The van der Waals surface area contributed by atoms with Gasteiger partial charge in [0.15, 0.2) is 0 Å². The van der Waals surface area contributed by atoms with Crippen molar-refractivity contribution in [2.75, 3.05) is 6.54 Å². The van der Waals surface area contributed by atoms with E-state index in [-0.39, 0.29) is 24.7 Å². The van der Waals surface area contributed by atoms with Crippen LogP contribution in [0.4, 0.5) is 9.18 Å². The fourth-order valence-corrected chi connectivity index (χ4v) is 3.80. The van der Waals surface area contributed by atoms with Gasteiger partial charge in [-0.1, -0.05) is 42.5 Å². The zero-order chi connectivity index (χ0) is 21.1. The fourth-order valence-electron chi connectivity index (χ4n) is 3.80. The summed E-state index contributed by atoms with van der Waals surface area (Å²) in [5.74, 6) is -0.428. The van der Waals surface area contributed by atoms with E-state index in [2.05, 4.69) is 0 Å². The molecule has 1 amide bonds. The molecule has 1 N–H and O–H groups in total. The number of nitriles is 1. The molecule has 5 nitrogen and oxygen atoms in total. The van der Waals surface area contributed by atoms with Gasteiger partial charge in [0.05, 0.1) is 17.7 Å². The Bertz CT molecular complexity index is 1130. The summed E-state index contributed by atoms with van der Waals surface area (Å²) < 4.78 is 20.0. The van der Waals surface area contributed by atoms with Crippen LogP contribution in [0.3, 0.4) is 0 Å². The van der Waals surface area contributed by atoms with Crippen molar-refractivity contribution in [3.63, 3.8) is 0 Å². The summed E-state index contributed by atoms with van der Waals surface area (Å²) in [6, 6.07) is 19.7. The predicted molar refractivity (Wildman–Crippen MR) is 108 cm³/mol. The number of benzene rings is 3. The van der Waals surface area contributed by atoms with Crippen LogP contribution in [0.25, 0.3) is 0 Å². The molecule has 0 spiro atoms. The first kappa shape index (κ1) is 19.5. The van der Waals surface area contributed by atoms with Crippen LogP contribution in [0.5, 0.6) is 5.75 Å². The average Bonchev–Trinajstić information content (AvgIpc) is 2.78. The number of carbonyl (C=O) groups is 1. The molecular formula is C24H19FN2O3. The third kappa shape index (κ3) is 3.70. The lowest BCUT2D eigenvalue weighted by Crippen LogP contribution is -2.41. The number of aromatic hydroxyl groups is 1. The number of rotatable bonds is 3. The molecule has 4 rings (SSSR count). The predicted octanol–water partition coefficient (Wildman–Crippen LogP) is 4.69. The highest BCUT2D eigenvalue weighted by Crippen LogP contribution is 2.40. The van der Waals surface area contributed by atoms with Gasteiger partial charge in [-0.25, -0.2) is 9.18 Å². The van der Waals surface area contributed by atoms with Crippen LogP contribution < -0.4 is 0 Å². The van der Waals surface area contributed by atoms with Crippen molar-refractivity contribution >= 4 is 6.09 Å². The lowest BCUT2D eigenvalue weighted by molar-refractivity contribution is 0.0830. The van der Waals surface area contributed by atoms with E-state index in [0.717, 1.165) is 5.56 Å². The highest BCUT2D eigenvalue weighted by Gasteiger charge is 2.35. The zero-order valence-electron chi connectivity index (χ0n) is 16.1. The summed E-state index contributed by atoms with van der Waals surface area (Å²) in [6.07, 6.45) is -0.238. The second-order valence-corrected chi connectivity index (χ2v) is 7.08. The van der Waals surface area contributed by atoms with Crippen molar-refractivity contribution in [2.24, 2.45) is 0 Å². The number of hydrogen-bond donors (Lipinski definition) is 1. The number of phenols is 1. The number of halogens is 1. The number of ether oxygens (including phenoxy) is 1. The second-order valence-electron chi connectivity index (χ2n) is 7.08. The van der Waals surface area contributed by atoms with Gasteiger partial charge in [0.2, 0.25) is 0 Å². The summed E-state index contributed by atoms with van der Waals surface area (Å²) in [7, 11) is 0. The molecule has 0 saturated carbocycles. The van der Waals surface area contributed by atoms with Crippen LogP contribution in [0.15, 0.2) is 66.7 Å². The lowest BCUT2D eigenvalue weighted by atomic mass is 9.87. The van der Waals surface area contributed by atoms with Gasteiger partial charge in [0, 0.05) is 12.1 Å². The van der Waals surface area contributed by atoms with Crippen LogP contribution >= 0.6 is 0 Å². The maximum Gasteiger partial charge on any atom is 0.410 e. The van der Waals surface area contributed by atoms with Crippen molar-refractivity contribution < 1.29 is 19.0 Å². The van der Waals surface area contributed by atoms with E-state index in [0.29, 0.717) is 28.7 Å². The van der Waals surface area contributed by atoms with Crippen LogP contribution in [-0.4, -0.2) is 22.6 Å². The Morgan fingerprint density at radius 1 is 1.13 bits per heavy atom. The van der Waals surface area contributed by atoms with E-state index in [9.17, 15) is 19.6 Å². The Morgan fingerprint density at radius 3 is 2.70 bits per heavy atom. The molecule has 0 saturated heterocycles. The van der Waals surface area contributed by atoms with Crippen molar-refractivity contribution in [1.82, 2.24) is 4.90 Å². The number of carbonyl (C=O) groups excluding carboxylic acids is 1. The molecule has 1 unspecified atom stereocenters. The minimum absolute atomic E-state index is 0.0722. The fraction of sp³-hybridized carbons (Fsp3) is 0.167. The van der Waals surface area contributed by atoms with Crippen molar-refractivity contribution in [3.8, 4) is 11.8 Å². The molecule has 3 aromatic carbocycles. The third-order valence-corrected chi connectivity index (χ3v) is 5.25. The minimum Gasteiger partial charge on any atom is -0.508 e. The lowest BCUT2D eigenvalue weighted by Gasteiger charge is -2.37. The van der Waals surface area contributed by atoms with Gasteiger partial charge in [0.1, 0.15) is 18.2 Å². The Morgan fingerprint density at radius 2 is 1.93 bits per heavy atom. The molecular weight excluding hydrogens is 383 g/mol. The first-order valence-electron chi connectivity index (χ1n) is 9.56. The molecule has 0 radical (unpaired) electrons. The Hall–Kier alpha value is -3.85. The minimum atomic E-state index is -0.763. The largest absolute Gasteiger partial charge is 0.508 e. The van der Waals surface area contributed by atoms with Gasteiger partial charge in [0.25, 0.3) is 0 Å². The standard InChI is InChI=1S/C24H19FN2O3/c25-21-8-4-7-19-18(21)11-12-27(24(29)30-15-16-5-2-1-3-6-16)23(19)20-13-17(14-26)9-10-22(20)28/h1-10,13,23,28H,11-12,15H2. The Balaban J connectivity index is 1.72. The summed E-state index contributed by atoms with van der Waals surface area (Å²) >= 11 is 0. The molecule has 0 aromatic heterocycles. The summed E-state index contributed by atoms with van der Waals surface area (Å²) in [4.78, 5) is 14.5. The van der Waals surface area contributed by atoms with E-state index in [1.807, 2.05) is 36.4 Å². The number of fused-ring (bicyclic) bond motifs is 1. The summed E-state index contributed by atoms with van der Waals surface area (Å²) in [5, 5.41) is 19.8. The normalized spacial score (nSPS) is 15.2. The van der Waals surface area contributed by atoms with Gasteiger partial charge in [-0.2, -0.15) is 5.26 Å². The molecule has 30 heavy (non-hydrogen) atoms. The van der Waals surface area contributed by atoms with E-state index < -0.39 is 12.1 Å². The number of nitrogens with zero attached hydrogens (tertiary/aromatic N) is 2. The van der Waals surface area contributed by atoms with Crippen LogP contribution in [0.1, 0.15) is 33.9 Å². The second kappa shape index (κ2) is 8.26. The Labute approximate surface area is 173 Å². The highest BCUT2D eigenvalue weighted by molar-refractivity contribution is 5.70. The summed E-state index contributed by atoms with van der Waals surface area (Å²) in [6.45, 7) is 0.325. The molecule has 1 aliphatic heterocycles. The molecule has 1 atom stereocenters. The van der Waals surface area contributed by atoms with E-state index in [1.54, 1.807) is 12.1 Å².